The Morgan fingerprint density at radius 2 is 1.22 bits per heavy atom. The van der Waals surface area contributed by atoms with Crippen LogP contribution in [0.3, 0.4) is 0 Å². The topological polar surface area (TPSA) is 9.72 Å². The summed E-state index contributed by atoms with van der Waals surface area (Å²) < 4.78 is 15.0. The van der Waals surface area contributed by atoms with Crippen molar-refractivity contribution in [2.75, 3.05) is 14.7 Å². The van der Waals surface area contributed by atoms with Crippen LogP contribution in [-0.4, -0.2) is 12.3 Å². The number of anilines is 8. The normalized spacial score (nSPS) is 20.9. The maximum atomic E-state index is 15.0. The second-order valence-corrected chi connectivity index (χ2v) is 17.6. The molecule has 0 saturated heterocycles. The lowest BCUT2D eigenvalue weighted by Gasteiger charge is -2.50. The van der Waals surface area contributed by atoms with E-state index in [0.717, 1.165) is 47.6 Å². The Morgan fingerprint density at radius 3 is 1.96 bits per heavy atom. The smallest absolute Gasteiger partial charge is 0.252 e. The van der Waals surface area contributed by atoms with Gasteiger partial charge in [-0.1, -0.05) is 95.1 Å². The molecule has 54 heavy (non-hydrogen) atoms. The average Bonchev–Trinajstić information content (AvgIpc) is 3.37. The predicted molar refractivity (Wildman–Crippen MR) is 227 cm³/mol. The summed E-state index contributed by atoms with van der Waals surface area (Å²) in [4.78, 5) is 7.56. The monoisotopic (exact) mass is 707 g/mol. The van der Waals surface area contributed by atoms with Crippen LogP contribution in [0.5, 0.6) is 0 Å². The highest BCUT2D eigenvalue weighted by Crippen LogP contribution is 2.61. The summed E-state index contributed by atoms with van der Waals surface area (Å²) in [6.07, 6.45) is 4.45. The molecule has 1 saturated carbocycles. The van der Waals surface area contributed by atoms with Crippen LogP contribution < -0.4 is 31.1 Å². The fraction of sp³-hybridized carbons (Fsp3) is 0.265. The van der Waals surface area contributed by atoms with Gasteiger partial charge < -0.3 is 14.7 Å². The molecule has 0 spiro atoms. The van der Waals surface area contributed by atoms with Gasteiger partial charge in [0.1, 0.15) is 5.82 Å². The first-order valence-electron chi connectivity index (χ1n) is 19.7. The standard InChI is InChI=1S/C49H47BFN3/c1-32-28-44-46-45(29-32)53(36-21-18-33(19-22-36)47(2,3)4)43-31-37(54-41-25-20-34(51)30-38(41)48(5)26-12-13-27-49(48,54)6)23-24-40(43)50(46)39-16-10-11-17-42(39)52(44)35-14-8-7-9-15-35/h7-11,14-25,28-31H,12-13,26-27H2,1-6H3. The Morgan fingerprint density at radius 1 is 0.593 bits per heavy atom. The number of halogens is 1. The number of hydrogen-bond acceptors (Lipinski definition) is 3. The Balaban J connectivity index is 1.25. The first-order valence-corrected chi connectivity index (χ1v) is 19.7. The fourth-order valence-electron chi connectivity index (χ4n) is 10.6. The quantitative estimate of drug-likeness (QED) is 0.169. The summed E-state index contributed by atoms with van der Waals surface area (Å²) in [6, 6.07) is 46.5. The molecular weight excluding hydrogens is 660 g/mol. The lowest BCUT2D eigenvalue weighted by Crippen LogP contribution is -2.61. The van der Waals surface area contributed by atoms with Gasteiger partial charge in [0.15, 0.2) is 0 Å². The van der Waals surface area contributed by atoms with Crippen LogP contribution >= 0.6 is 0 Å². The second kappa shape index (κ2) is 11.6. The largest absolute Gasteiger partial charge is 0.334 e. The summed E-state index contributed by atoms with van der Waals surface area (Å²) >= 11 is 0. The van der Waals surface area contributed by atoms with Gasteiger partial charge in [0.2, 0.25) is 0 Å². The van der Waals surface area contributed by atoms with Crippen LogP contribution in [0, 0.1) is 12.7 Å². The summed E-state index contributed by atoms with van der Waals surface area (Å²) in [7, 11) is 0. The molecule has 0 aromatic heterocycles. The minimum atomic E-state index is -0.182. The minimum absolute atomic E-state index is 0.0453. The van der Waals surface area contributed by atoms with Gasteiger partial charge in [0.05, 0.1) is 5.54 Å². The van der Waals surface area contributed by atoms with Gasteiger partial charge in [-0.15, -0.1) is 0 Å². The lowest BCUT2D eigenvalue weighted by molar-refractivity contribution is 0.194. The highest BCUT2D eigenvalue weighted by Gasteiger charge is 2.58. The van der Waals surface area contributed by atoms with Gasteiger partial charge in [0, 0.05) is 50.9 Å². The highest BCUT2D eigenvalue weighted by atomic mass is 19.1. The molecule has 0 radical (unpaired) electrons. The van der Waals surface area contributed by atoms with Crippen molar-refractivity contribution in [1.82, 2.24) is 0 Å². The number of para-hydroxylation sites is 2. The van der Waals surface area contributed by atoms with Gasteiger partial charge in [-0.2, -0.15) is 0 Å². The van der Waals surface area contributed by atoms with Crippen molar-refractivity contribution in [2.24, 2.45) is 0 Å². The Bertz CT molecular complexity index is 2470. The zero-order valence-corrected chi connectivity index (χ0v) is 32.2. The van der Waals surface area contributed by atoms with E-state index in [4.69, 9.17) is 0 Å². The van der Waals surface area contributed by atoms with Crippen molar-refractivity contribution < 1.29 is 4.39 Å². The van der Waals surface area contributed by atoms with E-state index in [9.17, 15) is 0 Å². The van der Waals surface area contributed by atoms with E-state index in [1.165, 1.54) is 56.7 Å². The Hall–Kier alpha value is -5.29. The van der Waals surface area contributed by atoms with Crippen LogP contribution in [0.1, 0.15) is 77.0 Å². The van der Waals surface area contributed by atoms with E-state index in [1.807, 2.05) is 12.1 Å². The van der Waals surface area contributed by atoms with Crippen LogP contribution in [0.25, 0.3) is 0 Å². The molecule has 3 nitrogen and oxygen atoms in total. The molecule has 10 rings (SSSR count). The van der Waals surface area contributed by atoms with Crippen LogP contribution in [0.4, 0.5) is 49.9 Å². The molecule has 6 aromatic carbocycles. The maximum absolute atomic E-state index is 15.0. The molecule has 0 amide bonds. The lowest BCUT2D eigenvalue weighted by atomic mass is 9.33. The SMILES string of the molecule is Cc1cc2c3c(c1)N(c1ccc(C(C)(C)C)cc1)c1cc(N4c5ccc(F)cc5C5(C)CCCCC45C)ccc1B3c1ccccc1N2c1ccccc1. The van der Waals surface area contributed by atoms with E-state index in [1.54, 1.807) is 6.07 Å². The zero-order valence-electron chi connectivity index (χ0n) is 32.2. The van der Waals surface area contributed by atoms with E-state index in [-0.39, 0.29) is 28.9 Å². The molecule has 268 valence electrons. The molecule has 1 fully saturated rings. The number of benzene rings is 6. The van der Waals surface area contributed by atoms with Crippen molar-refractivity contribution >= 4 is 68.6 Å². The summed E-state index contributed by atoms with van der Waals surface area (Å²) in [5, 5.41) is 0. The third kappa shape index (κ3) is 4.60. The Kier molecular flexibility index (Phi) is 7.16. The average molecular weight is 708 g/mol. The molecule has 3 aliphatic heterocycles. The van der Waals surface area contributed by atoms with E-state index in [2.05, 4.69) is 165 Å². The number of aryl methyl sites for hydroxylation is 1. The molecule has 3 heterocycles. The van der Waals surface area contributed by atoms with Gasteiger partial charge in [-0.25, -0.2) is 4.39 Å². The third-order valence-electron chi connectivity index (χ3n) is 13.4. The summed E-state index contributed by atoms with van der Waals surface area (Å²) in [5.41, 5.74) is 16.8. The third-order valence-corrected chi connectivity index (χ3v) is 13.4. The molecule has 4 aliphatic rings. The van der Waals surface area contributed by atoms with Gasteiger partial charge >= 0.3 is 0 Å². The van der Waals surface area contributed by atoms with Crippen molar-refractivity contribution in [2.45, 2.75) is 83.6 Å². The molecule has 5 heteroatoms. The number of hydrogen-bond donors (Lipinski definition) is 0. The van der Waals surface area contributed by atoms with E-state index < -0.39 is 0 Å². The van der Waals surface area contributed by atoms with Gasteiger partial charge in [-0.05, 0) is 138 Å². The van der Waals surface area contributed by atoms with Crippen molar-refractivity contribution in [3.63, 3.8) is 0 Å². The molecular formula is C49H47BFN3. The van der Waals surface area contributed by atoms with Crippen LogP contribution in [0.2, 0.25) is 0 Å². The Labute approximate surface area is 320 Å². The van der Waals surface area contributed by atoms with Crippen molar-refractivity contribution in [1.29, 1.82) is 0 Å². The number of nitrogens with zero attached hydrogens (tertiary/aromatic N) is 3. The van der Waals surface area contributed by atoms with E-state index in [0.29, 0.717) is 0 Å². The molecule has 2 unspecified atom stereocenters. The fourth-order valence-corrected chi connectivity index (χ4v) is 10.6. The molecule has 0 N–H and O–H groups in total. The molecule has 0 bridgehead atoms. The minimum Gasteiger partial charge on any atom is -0.334 e. The number of rotatable bonds is 3. The summed E-state index contributed by atoms with van der Waals surface area (Å²) in [6.45, 7) is 13.9. The first kappa shape index (κ1) is 33.3. The van der Waals surface area contributed by atoms with Crippen LogP contribution in [0.15, 0.2) is 127 Å². The molecule has 1 aliphatic carbocycles. The van der Waals surface area contributed by atoms with Crippen molar-refractivity contribution in [3.8, 4) is 0 Å². The maximum Gasteiger partial charge on any atom is 0.252 e. The second-order valence-electron chi connectivity index (χ2n) is 17.6. The van der Waals surface area contributed by atoms with Crippen molar-refractivity contribution in [3.05, 3.63) is 150 Å². The predicted octanol–water partition coefficient (Wildman–Crippen LogP) is 11.3. The molecule has 2 atom stereocenters. The molecule has 6 aromatic rings. The summed E-state index contributed by atoms with van der Waals surface area (Å²) in [5.74, 6) is -0.150. The highest BCUT2D eigenvalue weighted by molar-refractivity contribution is 7.00. The zero-order chi connectivity index (χ0) is 37.1. The number of fused-ring (bicyclic) bond motifs is 7. The van der Waals surface area contributed by atoms with Crippen LogP contribution in [-0.2, 0) is 10.8 Å². The van der Waals surface area contributed by atoms with Gasteiger partial charge in [0.25, 0.3) is 6.71 Å². The van der Waals surface area contributed by atoms with E-state index >= 15 is 4.39 Å². The van der Waals surface area contributed by atoms with Gasteiger partial charge in [-0.3, -0.25) is 0 Å². The first-order chi connectivity index (χ1) is 26.0.